The average molecular weight is 322 g/mol. The second kappa shape index (κ2) is 9.63. The smallest absolute Gasteiger partial charge is 0.126 e. The van der Waals surface area contributed by atoms with Crippen molar-refractivity contribution in [2.45, 2.75) is 19.3 Å². The third-order valence-electron chi connectivity index (χ3n) is 4.31. The van der Waals surface area contributed by atoms with E-state index in [1.165, 1.54) is 32.5 Å². The Morgan fingerprint density at radius 3 is 2.26 bits per heavy atom. The summed E-state index contributed by atoms with van der Waals surface area (Å²) >= 11 is 0. The zero-order valence-electron chi connectivity index (χ0n) is 14.6. The fourth-order valence-electron chi connectivity index (χ4n) is 2.99. The highest BCUT2D eigenvalue weighted by atomic mass is 16.5. The lowest BCUT2D eigenvalue weighted by Gasteiger charge is -2.27. The number of ether oxygens (including phenoxy) is 3. The van der Waals surface area contributed by atoms with Gasteiger partial charge in [-0.2, -0.15) is 0 Å². The van der Waals surface area contributed by atoms with E-state index >= 15 is 0 Å². The van der Waals surface area contributed by atoms with Crippen LogP contribution >= 0.6 is 0 Å². The lowest BCUT2D eigenvalue weighted by atomic mass is 9.98. The van der Waals surface area contributed by atoms with E-state index in [2.05, 4.69) is 17.3 Å². The Balaban J connectivity index is 1.68. The molecule has 1 aromatic rings. The molecule has 5 heteroatoms. The van der Waals surface area contributed by atoms with Crippen LogP contribution in [0.4, 0.5) is 0 Å². The van der Waals surface area contributed by atoms with Crippen molar-refractivity contribution in [2.24, 2.45) is 5.92 Å². The minimum atomic E-state index is 0.701. The Morgan fingerprint density at radius 2 is 1.65 bits per heavy atom. The largest absolute Gasteiger partial charge is 0.496 e. The molecule has 0 spiro atoms. The molecular weight excluding hydrogens is 292 g/mol. The molecule has 1 heterocycles. The van der Waals surface area contributed by atoms with Crippen molar-refractivity contribution < 1.29 is 14.2 Å². The summed E-state index contributed by atoms with van der Waals surface area (Å²) in [6, 6.07) is 5.63. The van der Waals surface area contributed by atoms with Crippen LogP contribution in [-0.4, -0.2) is 59.0 Å². The molecule has 0 saturated carbocycles. The summed E-state index contributed by atoms with van der Waals surface area (Å²) in [6.07, 6.45) is 3.61. The van der Waals surface area contributed by atoms with Crippen LogP contribution in [0.3, 0.4) is 0 Å². The second-order valence-corrected chi connectivity index (χ2v) is 6.21. The molecule has 23 heavy (non-hydrogen) atoms. The summed E-state index contributed by atoms with van der Waals surface area (Å²) in [5.74, 6) is 3.14. The maximum Gasteiger partial charge on any atom is 0.126 e. The first-order valence-electron chi connectivity index (χ1n) is 8.46. The molecule has 1 aromatic carbocycles. The number of rotatable bonds is 9. The molecule has 0 aromatic heterocycles. The summed E-state index contributed by atoms with van der Waals surface area (Å²) in [7, 11) is 5.50. The number of piperidine rings is 1. The maximum atomic E-state index is 5.83. The van der Waals surface area contributed by atoms with E-state index in [1.807, 2.05) is 18.2 Å². The van der Waals surface area contributed by atoms with Gasteiger partial charge in [0.25, 0.3) is 0 Å². The van der Waals surface area contributed by atoms with Crippen molar-refractivity contribution in [3.63, 3.8) is 0 Å². The van der Waals surface area contributed by atoms with Crippen LogP contribution in [-0.2, 0) is 0 Å². The van der Waals surface area contributed by atoms with E-state index in [-0.39, 0.29) is 0 Å². The first-order chi connectivity index (χ1) is 11.2. The van der Waals surface area contributed by atoms with Gasteiger partial charge in [0.05, 0.1) is 20.8 Å². The minimum Gasteiger partial charge on any atom is -0.496 e. The Kier molecular flexibility index (Phi) is 7.49. The highest BCUT2D eigenvalue weighted by Gasteiger charge is 2.14. The molecule has 2 rings (SSSR count). The molecule has 1 N–H and O–H groups in total. The molecule has 1 aliphatic rings. The van der Waals surface area contributed by atoms with Gasteiger partial charge in [-0.05, 0) is 45.3 Å². The quantitative estimate of drug-likeness (QED) is 0.707. The summed E-state index contributed by atoms with van der Waals surface area (Å²) in [4.78, 5) is 2.42. The Labute approximate surface area is 139 Å². The normalized spacial score (nSPS) is 15.7. The number of hydrogen-bond acceptors (Lipinski definition) is 5. The third-order valence-corrected chi connectivity index (χ3v) is 4.31. The molecule has 0 unspecified atom stereocenters. The van der Waals surface area contributed by atoms with Crippen LogP contribution in [0.1, 0.15) is 19.3 Å². The molecule has 5 nitrogen and oxygen atoms in total. The maximum absolute atomic E-state index is 5.83. The van der Waals surface area contributed by atoms with Gasteiger partial charge in [0, 0.05) is 31.3 Å². The van der Waals surface area contributed by atoms with Crippen molar-refractivity contribution in [3.05, 3.63) is 18.2 Å². The molecule has 1 saturated heterocycles. The topological polar surface area (TPSA) is 43.0 Å². The first-order valence-corrected chi connectivity index (χ1v) is 8.46. The van der Waals surface area contributed by atoms with E-state index in [0.29, 0.717) is 6.61 Å². The lowest BCUT2D eigenvalue weighted by molar-refractivity contribution is 0.218. The van der Waals surface area contributed by atoms with Crippen LogP contribution in [0, 0.1) is 5.92 Å². The van der Waals surface area contributed by atoms with Crippen LogP contribution in [0.5, 0.6) is 17.2 Å². The highest BCUT2D eigenvalue weighted by molar-refractivity contribution is 5.41. The average Bonchev–Trinajstić information content (AvgIpc) is 2.59. The molecular formula is C18H30N2O3. The van der Waals surface area contributed by atoms with Crippen LogP contribution in [0.25, 0.3) is 0 Å². The van der Waals surface area contributed by atoms with Gasteiger partial charge in [-0.3, -0.25) is 0 Å². The van der Waals surface area contributed by atoms with Gasteiger partial charge in [-0.25, -0.2) is 0 Å². The molecule has 0 atom stereocenters. The van der Waals surface area contributed by atoms with Gasteiger partial charge in [0.1, 0.15) is 17.2 Å². The van der Waals surface area contributed by atoms with Crippen molar-refractivity contribution in [1.82, 2.24) is 10.2 Å². The van der Waals surface area contributed by atoms with E-state index in [1.54, 1.807) is 14.2 Å². The number of nitrogens with zero attached hydrogens (tertiary/aromatic N) is 1. The van der Waals surface area contributed by atoms with Crippen molar-refractivity contribution >= 4 is 0 Å². The van der Waals surface area contributed by atoms with Gasteiger partial charge < -0.3 is 24.4 Å². The molecule has 1 fully saturated rings. The molecule has 0 radical (unpaired) electrons. The predicted octanol–water partition coefficient (Wildman–Crippen LogP) is 2.40. The Morgan fingerprint density at radius 1 is 1.04 bits per heavy atom. The Bertz CT molecular complexity index is 439. The predicted molar refractivity (Wildman–Crippen MR) is 92.7 cm³/mol. The van der Waals surface area contributed by atoms with Gasteiger partial charge in [0.2, 0.25) is 0 Å². The lowest BCUT2D eigenvalue weighted by Crippen LogP contribution is -2.35. The van der Waals surface area contributed by atoms with Crippen LogP contribution in [0.2, 0.25) is 0 Å². The fraction of sp³-hybridized carbons (Fsp3) is 0.667. The van der Waals surface area contributed by atoms with Gasteiger partial charge in [0.15, 0.2) is 0 Å². The van der Waals surface area contributed by atoms with E-state index in [0.717, 1.165) is 36.1 Å². The molecule has 0 amide bonds. The zero-order chi connectivity index (χ0) is 16.5. The SMILES string of the molecule is COc1cc(OC)cc(OCCCN(C)CC2CCNCC2)c1. The number of hydrogen-bond donors (Lipinski definition) is 1. The Hall–Kier alpha value is -1.46. The van der Waals surface area contributed by atoms with Crippen molar-refractivity contribution in [2.75, 3.05) is 54.1 Å². The van der Waals surface area contributed by atoms with E-state index in [4.69, 9.17) is 14.2 Å². The number of nitrogens with one attached hydrogen (secondary N) is 1. The van der Waals surface area contributed by atoms with Gasteiger partial charge in [-0.15, -0.1) is 0 Å². The summed E-state index contributed by atoms with van der Waals surface area (Å²) in [5.41, 5.74) is 0. The van der Waals surface area contributed by atoms with Crippen molar-refractivity contribution in [1.29, 1.82) is 0 Å². The van der Waals surface area contributed by atoms with Gasteiger partial charge >= 0.3 is 0 Å². The monoisotopic (exact) mass is 322 g/mol. The number of methoxy groups -OCH3 is 2. The highest BCUT2D eigenvalue weighted by Crippen LogP contribution is 2.27. The van der Waals surface area contributed by atoms with Crippen LogP contribution < -0.4 is 19.5 Å². The first kappa shape index (κ1) is 17.9. The van der Waals surface area contributed by atoms with Crippen molar-refractivity contribution in [3.8, 4) is 17.2 Å². The zero-order valence-corrected chi connectivity index (χ0v) is 14.6. The van der Waals surface area contributed by atoms with Crippen LogP contribution in [0.15, 0.2) is 18.2 Å². The molecule has 0 aliphatic carbocycles. The van der Waals surface area contributed by atoms with E-state index in [9.17, 15) is 0 Å². The minimum absolute atomic E-state index is 0.701. The standard InChI is InChI=1S/C18H30N2O3/c1-20(14-15-5-7-19-8-6-15)9-4-10-23-18-12-16(21-2)11-17(13-18)22-3/h11-13,15,19H,4-10,14H2,1-3H3. The molecule has 0 bridgehead atoms. The fourth-order valence-corrected chi connectivity index (χ4v) is 2.99. The second-order valence-electron chi connectivity index (χ2n) is 6.21. The van der Waals surface area contributed by atoms with E-state index < -0.39 is 0 Å². The van der Waals surface area contributed by atoms with Gasteiger partial charge in [-0.1, -0.05) is 0 Å². The summed E-state index contributed by atoms with van der Waals surface area (Å²) < 4.78 is 16.3. The summed E-state index contributed by atoms with van der Waals surface area (Å²) in [5, 5.41) is 3.42. The molecule has 130 valence electrons. The third kappa shape index (κ3) is 6.28. The summed E-state index contributed by atoms with van der Waals surface area (Å²) in [6.45, 7) is 5.28. The molecule has 1 aliphatic heterocycles. The number of benzene rings is 1.